The fraction of sp³-hybridized carbons (Fsp3) is 0.350. The third-order valence-electron chi connectivity index (χ3n) is 4.44. The highest BCUT2D eigenvalue weighted by molar-refractivity contribution is 5.69. The first kappa shape index (κ1) is 16.5. The van der Waals surface area contributed by atoms with E-state index in [1.807, 2.05) is 12.1 Å². The van der Waals surface area contributed by atoms with Crippen molar-refractivity contribution >= 4 is 11.3 Å². The van der Waals surface area contributed by atoms with Gasteiger partial charge in [-0.1, -0.05) is 31.5 Å². The van der Waals surface area contributed by atoms with Gasteiger partial charge >= 0.3 is 0 Å². The predicted octanol–water partition coefficient (Wildman–Crippen LogP) is 4.12. The van der Waals surface area contributed by atoms with Gasteiger partial charge in [-0.2, -0.15) is 0 Å². The lowest BCUT2D eigenvalue weighted by molar-refractivity contribution is 0.316. The number of benzene rings is 1. The minimum Gasteiger partial charge on any atom is -0.399 e. The summed E-state index contributed by atoms with van der Waals surface area (Å²) in [4.78, 5) is 7.31. The molecule has 0 amide bonds. The summed E-state index contributed by atoms with van der Waals surface area (Å²) in [7, 11) is 2.18. The fourth-order valence-electron chi connectivity index (χ4n) is 3.04. The van der Waals surface area contributed by atoms with E-state index in [2.05, 4.69) is 60.7 Å². The number of hydrogen-bond donors (Lipinski definition) is 1. The minimum absolute atomic E-state index is 0.778. The van der Waals surface area contributed by atoms with E-state index in [9.17, 15) is 0 Å². The van der Waals surface area contributed by atoms with Gasteiger partial charge in [0.05, 0.1) is 11.4 Å². The molecule has 126 valence electrons. The van der Waals surface area contributed by atoms with E-state index in [0.717, 1.165) is 35.7 Å². The second-order valence-corrected chi connectivity index (χ2v) is 6.51. The maximum atomic E-state index is 5.84. The molecule has 0 aliphatic rings. The van der Waals surface area contributed by atoms with Gasteiger partial charge in [0, 0.05) is 24.0 Å². The molecular formula is C20H26N4. The van der Waals surface area contributed by atoms with Crippen LogP contribution in [0.15, 0.2) is 42.6 Å². The van der Waals surface area contributed by atoms with Gasteiger partial charge in [-0.25, -0.2) is 4.98 Å². The lowest BCUT2D eigenvalue weighted by Crippen LogP contribution is -2.20. The summed E-state index contributed by atoms with van der Waals surface area (Å²) in [5.74, 6) is 0. The van der Waals surface area contributed by atoms with Gasteiger partial charge in [0.25, 0.3) is 0 Å². The van der Waals surface area contributed by atoms with Crippen LogP contribution in [0.25, 0.3) is 16.9 Å². The number of imidazole rings is 1. The molecule has 3 aromatic rings. The number of nitrogen functional groups attached to an aromatic ring is 1. The van der Waals surface area contributed by atoms with Crippen molar-refractivity contribution in [2.24, 2.45) is 0 Å². The van der Waals surface area contributed by atoms with Crippen LogP contribution in [0.2, 0.25) is 0 Å². The molecule has 0 unspecified atom stereocenters. The standard InChI is InChI=1S/C20H26N4/c1-4-5-12-23(3)14-18-19(16-8-10-17(21)11-9-16)22-20-15(2)7-6-13-24(18)20/h6-11,13H,4-5,12,14,21H2,1-3H3. The number of nitrogens with two attached hydrogens (primary N) is 1. The predicted molar refractivity (Wildman–Crippen MR) is 101 cm³/mol. The first-order valence-electron chi connectivity index (χ1n) is 8.61. The summed E-state index contributed by atoms with van der Waals surface area (Å²) < 4.78 is 2.23. The maximum Gasteiger partial charge on any atom is 0.140 e. The van der Waals surface area contributed by atoms with Crippen LogP contribution in [0, 0.1) is 6.92 Å². The molecule has 24 heavy (non-hydrogen) atoms. The van der Waals surface area contributed by atoms with Gasteiger partial charge in [0.2, 0.25) is 0 Å². The lowest BCUT2D eigenvalue weighted by atomic mass is 10.1. The lowest BCUT2D eigenvalue weighted by Gasteiger charge is -2.17. The second kappa shape index (κ2) is 7.05. The van der Waals surface area contributed by atoms with E-state index in [1.165, 1.54) is 24.1 Å². The normalized spacial score (nSPS) is 11.5. The van der Waals surface area contributed by atoms with Crippen molar-refractivity contribution in [2.45, 2.75) is 33.2 Å². The molecule has 4 heteroatoms. The van der Waals surface area contributed by atoms with E-state index >= 15 is 0 Å². The zero-order valence-electron chi connectivity index (χ0n) is 14.8. The zero-order chi connectivity index (χ0) is 17.1. The van der Waals surface area contributed by atoms with Gasteiger partial charge < -0.3 is 15.0 Å². The summed E-state index contributed by atoms with van der Waals surface area (Å²) in [6, 6.07) is 12.2. The van der Waals surface area contributed by atoms with Crippen molar-refractivity contribution in [3.63, 3.8) is 0 Å². The van der Waals surface area contributed by atoms with Crippen LogP contribution in [-0.4, -0.2) is 27.9 Å². The Hall–Kier alpha value is -2.33. The monoisotopic (exact) mass is 322 g/mol. The second-order valence-electron chi connectivity index (χ2n) is 6.51. The molecule has 2 N–H and O–H groups in total. The third kappa shape index (κ3) is 3.29. The summed E-state index contributed by atoms with van der Waals surface area (Å²) in [5.41, 5.74) is 12.2. The highest BCUT2D eigenvalue weighted by Gasteiger charge is 2.16. The molecule has 0 saturated heterocycles. The van der Waals surface area contributed by atoms with Crippen molar-refractivity contribution in [3.05, 3.63) is 53.9 Å². The van der Waals surface area contributed by atoms with Crippen molar-refractivity contribution in [3.8, 4) is 11.3 Å². The molecule has 0 fully saturated rings. The Morgan fingerprint density at radius 2 is 1.92 bits per heavy atom. The number of pyridine rings is 1. The zero-order valence-corrected chi connectivity index (χ0v) is 14.8. The number of nitrogens with zero attached hydrogens (tertiary/aromatic N) is 3. The Kier molecular flexibility index (Phi) is 4.86. The number of aryl methyl sites for hydroxylation is 1. The topological polar surface area (TPSA) is 46.6 Å². The van der Waals surface area contributed by atoms with E-state index in [4.69, 9.17) is 10.7 Å². The van der Waals surface area contributed by atoms with Gasteiger partial charge in [-0.3, -0.25) is 0 Å². The van der Waals surface area contributed by atoms with Gasteiger partial charge in [0.15, 0.2) is 0 Å². The van der Waals surface area contributed by atoms with Gasteiger partial charge in [-0.05, 0) is 50.7 Å². The Labute approximate surface area is 143 Å². The number of aromatic nitrogens is 2. The smallest absolute Gasteiger partial charge is 0.140 e. The van der Waals surface area contributed by atoms with Crippen LogP contribution in [0.3, 0.4) is 0 Å². The number of anilines is 1. The van der Waals surface area contributed by atoms with Gasteiger partial charge in [0.1, 0.15) is 5.65 Å². The van der Waals surface area contributed by atoms with Crippen molar-refractivity contribution in [1.82, 2.24) is 14.3 Å². The number of unbranched alkanes of at least 4 members (excludes halogenated alkanes) is 1. The minimum atomic E-state index is 0.778. The molecule has 1 aromatic carbocycles. The molecule has 2 aromatic heterocycles. The molecule has 3 rings (SSSR count). The maximum absolute atomic E-state index is 5.84. The Morgan fingerprint density at radius 3 is 2.62 bits per heavy atom. The first-order chi connectivity index (χ1) is 11.6. The molecule has 0 radical (unpaired) electrons. The molecule has 0 spiro atoms. The van der Waals surface area contributed by atoms with Crippen molar-refractivity contribution in [2.75, 3.05) is 19.3 Å². The van der Waals surface area contributed by atoms with Crippen molar-refractivity contribution in [1.29, 1.82) is 0 Å². The SMILES string of the molecule is CCCCN(C)Cc1c(-c2ccc(N)cc2)nc2c(C)cccn12. The molecule has 0 saturated carbocycles. The van der Waals surface area contributed by atoms with Crippen LogP contribution < -0.4 is 5.73 Å². The largest absolute Gasteiger partial charge is 0.399 e. The molecule has 2 heterocycles. The molecule has 4 nitrogen and oxygen atoms in total. The van der Waals surface area contributed by atoms with Crippen LogP contribution in [0.1, 0.15) is 31.0 Å². The van der Waals surface area contributed by atoms with Crippen LogP contribution in [0.5, 0.6) is 0 Å². The Balaban J connectivity index is 2.08. The molecule has 0 atom stereocenters. The highest BCUT2D eigenvalue weighted by atomic mass is 15.1. The number of fused-ring (bicyclic) bond motifs is 1. The molecule has 0 aliphatic carbocycles. The average molecular weight is 322 g/mol. The summed E-state index contributed by atoms with van der Waals surface area (Å²) in [6.45, 7) is 6.31. The molecule has 0 bridgehead atoms. The number of hydrogen-bond acceptors (Lipinski definition) is 3. The third-order valence-corrected chi connectivity index (χ3v) is 4.44. The van der Waals surface area contributed by atoms with Crippen LogP contribution >= 0.6 is 0 Å². The van der Waals surface area contributed by atoms with E-state index < -0.39 is 0 Å². The highest BCUT2D eigenvalue weighted by Crippen LogP contribution is 2.27. The van der Waals surface area contributed by atoms with E-state index in [1.54, 1.807) is 0 Å². The summed E-state index contributed by atoms with van der Waals surface area (Å²) >= 11 is 0. The average Bonchev–Trinajstić information content (AvgIpc) is 2.94. The molecule has 0 aliphatic heterocycles. The Bertz CT molecular complexity index is 818. The van der Waals surface area contributed by atoms with Crippen LogP contribution in [0.4, 0.5) is 5.69 Å². The fourth-order valence-corrected chi connectivity index (χ4v) is 3.04. The van der Waals surface area contributed by atoms with Crippen molar-refractivity contribution < 1.29 is 0 Å². The number of rotatable bonds is 6. The quantitative estimate of drug-likeness (QED) is 0.694. The van der Waals surface area contributed by atoms with E-state index in [0.29, 0.717) is 0 Å². The Morgan fingerprint density at radius 1 is 1.17 bits per heavy atom. The van der Waals surface area contributed by atoms with Crippen LogP contribution in [-0.2, 0) is 6.54 Å². The first-order valence-corrected chi connectivity index (χ1v) is 8.61. The summed E-state index contributed by atoms with van der Waals surface area (Å²) in [6.07, 6.45) is 4.53. The molecular weight excluding hydrogens is 296 g/mol. The van der Waals surface area contributed by atoms with Gasteiger partial charge in [-0.15, -0.1) is 0 Å². The summed E-state index contributed by atoms with van der Waals surface area (Å²) in [5, 5.41) is 0. The van der Waals surface area contributed by atoms with E-state index in [-0.39, 0.29) is 0 Å².